The number of nitrogens with zero attached hydrogens (tertiary/aromatic N) is 1. The highest BCUT2D eigenvalue weighted by molar-refractivity contribution is 7.85. The molecule has 22 heavy (non-hydrogen) atoms. The van der Waals surface area contributed by atoms with E-state index in [0.717, 1.165) is 13.0 Å². The van der Waals surface area contributed by atoms with Gasteiger partial charge in [-0.1, -0.05) is 51.9 Å². The van der Waals surface area contributed by atoms with E-state index < -0.39 is 22.0 Å². The van der Waals surface area contributed by atoms with Gasteiger partial charge in [-0.2, -0.15) is 8.42 Å². The van der Waals surface area contributed by atoms with Crippen molar-refractivity contribution in [1.29, 1.82) is 0 Å². The molecule has 5 nitrogen and oxygen atoms in total. The largest absolute Gasteiger partial charge is 0.386 e. The van der Waals surface area contributed by atoms with Gasteiger partial charge in [0.05, 0.1) is 20.6 Å². The molecule has 0 aromatic carbocycles. The average Bonchev–Trinajstić information content (AvgIpc) is 2.33. The van der Waals surface area contributed by atoms with Crippen LogP contribution in [0.25, 0.3) is 0 Å². The van der Waals surface area contributed by atoms with Crippen molar-refractivity contribution in [3.05, 3.63) is 0 Å². The summed E-state index contributed by atoms with van der Waals surface area (Å²) < 4.78 is 30.8. The Bertz CT molecular complexity index is 368. The molecule has 0 aliphatic heterocycles. The molecule has 0 saturated heterocycles. The Labute approximate surface area is 137 Å². The van der Waals surface area contributed by atoms with Crippen LogP contribution in [0.2, 0.25) is 0 Å². The fourth-order valence-electron chi connectivity index (χ4n) is 2.81. The maximum atomic E-state index is 10.7. The SMILES string of the molecule is CCCCCCCCCCC[N+](C)(C)CC(O)CS(=O)(=O)O. The van der Waals surface area contributed by atoms with Crippen molar-refractivity contribution in [2.75, 3.05) is 32.9 Å². The summed E-state index contributed by atoms with van der Waals surface area (Å²) in [7, 11) is -0.130. The van der Waals surface area contributed by atoms with Crippen LogP contribution in [0.15, 0.2) is 0 Å². The lowest BCUT2D eigenvalue weighted by Crippen LogP contribution is -2.47. The molecule has 0 aliphatic rings. The minimum Gasteiger partial charge on any atom is -0.386 e. The van der Waals surface area contributed by atoms with Crippen LogP contribution in [0.1, 0.15) is 64.7 Å². The van der Waals surface area contributed by atoms with Crippen molar-refractivity contribution in [2.45, 2.75) is 70.8 Å². The molecule has 0 saturated carbocycles. The van der Waals surface area contributed by atoms with E-state index >= 15 is 0 Å². The van der Waals surface area contributed by atoms with E-state index in [1.807, 2.05) is 14.1 Å². The van der Waals surface area contributed by atoms with Crippen molar-refractivity contribution in [3.8, 4) is 0 Å². The van der Waals surface area contributed by atoms with Crippen LogP contribution in [0.5, 0.6) is 0 Å². The molecule has 0 fully saturated rings. The Kier molecular flexibility index (Phi) is 11.3. The third-order valence-electron chi connectivity index (χ3n) is 3.97. The van der Waals surface area contributed by atoms with Gasteiger partial charge in [0.2, 0.25) is 0 Å². The van der Waals surface area contributed by atoms with Crippen LogP contribution in [-0.4, -0.2) is 61.6 Å². The average molecular weight is 339 g/mol. The van der Waals surface area contributed by atoms with Crippen molar-refractivity contribution in [3.63, 3.8) is 0 Å². The van der Waals surface area contributed by atoms with Crippen LogP contribution in [-0.2, 0) is 10.1 Å². The van der Waals surface area contributed by atoms with Gasteiger partial charge in [-0.3, -0.25) is 4.55 Å². The Hall–Kier alpha value is -0.170. The molecular formula is C16H36NO4S+. The standard InChI is InChI=1S/C16H35NO4S/c1-4-5-6-7-8-9-10-11-12-13-17(2,3)14-16(18)15-22(19,20)21/h16,18H,4-15H2,1-3H3/p+1. The normalized spacial score (nSPS) is 14.2. The Morgan fingerprint density at radius 1 is 0.909 bits per heavy atom. The first kappa shape index (κ1) is 21.8. The minimum atomic E-state index is -4.10. The number of quaternary nitrogens is 1. The molecule has 0 radical (unpaired) electrons. The van der Waals surface area contributed by atoms with Gasteiger partial charge in [0.25, 0.3) is 10.1 Å². The third-order valence-corrected chi connectivity index (χ3v) is 4.78. The van der Waals surface area contributed by atoms with Gasteiger partial charge >= 0.3 is 0 Å². The number of aliphatic hydroxyl groups excluding tert-OH is 1. The summed E-state index contributed by atoms with van der Waals surface area (Å²) in [6.07, 6.45) is 10.5. The zero-order valence-corrected chi connectivity index (χ0v) is 15.4. The molecule has 0 aromatic rings. The summed E-state index contributed by atoms with van der Waals surface area (Å²) in [5.74, 6) is -0.577. The molecule has 1 atom stereocenters. The smallest absolute Gasteiger partial charge is 0.267 e. The predicted molar refractivity (Wildman–Crippen MR) is 91.5 cm³/mol. The van der Waals surface area contributed by atoms with Gasteiger partial charge < -0.3 is 9.59 Å². The van der Waals surface area contributed by atoms with Gasteiger partial charge in [0, 0.05) is 0 Å². The molecule has 0 amide bonds. The van der Waals surface area contributed by atoms with E-state index in [2.05, 4.69) is 6.92 Å². The topological polar surface area (TPSA) is 74.6 Å². The van der Waals surface area contributed by atoms with Crippen molar-refractivity contribution in [2.24, 2.45) is 0 Å². The minimum absolute atomic E-state index is 0.344. The first-order chi connectivity index (χ1) is 10.2. The quantitative estimate of drug-likeness (QED) is 0.290. The lowest BCUT2D eigenvalue weighted by molar-refractivity contribution is -0.893. The molecule has 134 valence electrons. The lowest BCUT2D eigenvalue weighted by Gasteiger charge is -2.31. The second kappa shape index (κ2) is 11.4. The summed E-state index contributed by atoms with van der Waals surface area (Å²) >= 11 is 0. The number of rotatable bonds is 14. The van der Waals surface area contributed by atoms with Gasteiger partial charge in [-0.25, -0.2) is 0 Å². The summed E-state index contributed by atoms with van der Waals surface area (Å²) in [6.45, 7) is 3.49. The first-order valence-corrected chi connectivity index (χ1v) is 10.2. The van der Waals surface area contributed by atoms with E-state index in [9.17, 15) is 13.5 Å². The van der Waals surface area contributed by atoms with E-state index in [-0.39, 0.29) is 0 Å². The van der Waals surface area contributed by atoms with Crippen LogP contribution in [0.3, 0.4) is 0 Å². The summed E-state index contributed by atoms with van der Waals surface area (Å²) in [6, 6.07) is 0. The number of likely N-dealkylation sites (N-methyl/N-ethyl adjacent to an activating group) is 1. The molecule has 0 heterocycles. The Morgan fingerprint density at radius 2 is 1.36 bits per heavy atom. The van der Waals surface area contributed by atoms with Gasteiger partial charge in [-0.05, 0) is 12.8 Å². The Morgan fingerprint density at radius 3 is 1.82 bits per heavy atom. The van der Waals surface area contributed by atoms with Gasteiger partial charge in [-0.15, -0.1) is 0 Å². The molecule has 0 bridgehead atoms. The molecule has 6 heteroatoms. The second-order valence-corrected chi connectivity index (χ2v) is 8.57. The predicted octanol–water partition coefficient (Wildman–Crippen LogP) is 2.84. The van der Waals surface area contributed by atoms with E-state index in [1.165, 1.54) is 51.4 Å². The molecule has 0 spiro atoms. The van der Waals surface area contributed by atoms with E-state index in [0.29, 0.717) is 11.0 Å². The summed E-state index contributed by atoms with van der Waals surface area (Å²) in [5, 5.41) is 9.71. The molecule has 1 unspecified atom stereocenters. The molecular weight excluding hydrogens is 302 g/mol. The van der Waals surface area contributed by atoms with E-state index in [1.54, 1.807) is 0 Å². The molecule has 0 aromatic heterocycles. The van der Waals surface area contributed by atoms with Crippen LogP contribution < -0.4 is 0 Å². The van der Waals surface area contributed by atoms with Crippen LogP contribution >= 0.6 is 0 Å². The third kappa shape index (κ3) is 14.8. The summed E-state index contributed by atoms with van der Waals surface area (Å²) in [4.78, 5) is 0. The number of hydrogen-bond donors (Lipinski definition) is 2. The zero-order chi connectivity index (χ0) is 17.1. The molecule has 2 N–H and O–H groups in total. The van der Waals surface area contributed by atoms with Crippen LogP contribution in [0, 0.1) is 0 Å². The Balaban J connectivity index is 3.67. The maximum Gasteiger partial charge on any atom is 0.267 e. The number of aliphatic hydroxyl groups is 1. The second-order valence-electron chi connectivity index (χ2n) is 7.07. The fourth-order valence-corrected chi connectivity index (χ4v) is 3.40. The molecule has 0 rings (SSSR count). The lowest BCUT2D eigenvalue weighted by atomic mass is 10.1. The highest BCUT2D eigenvalue weighted by atomic mass is 32.2. The highest BCUT2D eigenvalue weighted by Gasteiger charge is 2.23. The van der Waals surface area contributed by atoms with Crippen molar-refractivity contribution < 1.29 is 22.6 Å². The molecule has 0 aliphatic carbocycles. The van der Waals surface area contributed by atoms with Gasteiger partial charge in [0.15, 0.2) is 0 Å². The fraction of sp³-hybridized carbons (Fsp3) is 1.00. The number of hydrogen-bond acceptors (Lipinski definition) is 3. The zero-order valence-electron chi connectivity index (χ0n) is 14.6. The monoisotopic (exact) mass is 338 g/mol. The van der Waals surface area contributed by atoms with Crippen molar-refractivity contribution >= 4 is 10.1 Å². The maximum absolute atomic E-state index is 10.7. The highest BCUT2D eigenvalue weighted by Crippen LogP contribution is 2.11. The van der Waals surface area contributed by atoms with E-state index in [4.69, 9.17) is 4.55 Å². The van der Waals surface area contributed by atoms with Gasteiger partial charge in [0.1, 0.15) is 18.4 Å². The van der Waals surface area contributed by atoms with Crippen molar-refractivity contribution in [1.82, 2.24) is 0 Å². The first-order valence-electron chi connectivity index (χ1n) is 8.61. The van der Waals surface area contributed by atoms with Crippen LogP contribution in [0.4, 0.5) is 0 Å². The summed E-state index contributed by atoms with van der Waals surface area (Å²) in [5.41, 5.74) is 0. The number of unbranched alkanes of at least 4 members (excludes halogenated alkanes) is 8.